The maximum Gasteiger partial charge on any atom is 0.256 e. The second-order valence-corrected chi connectivity index (χ2v) is 6.86. The zero-order valence-electron chi connectivity index (χ0n) is 15.7. The number of anilines is 1. The van der Waals surface area contributed by atoms with E-state index in [9.17, 15) is 4.79 Å². The van der Waals surface area contributed by atoms with Crippen molar-refractivity contribution in [2.45, 2.75) is 51.6 Å². The van der Waals surface area contributed by atoms with Gasteiger partial charge in [0, 0.05) is 19.4 Å². The molecule has 0 heterocycles. The van der Waals surface area contributed by atoms with E-state index in [0.29, 0.717) is 25.7 Å². The largest absolute Gasteiger partial charge is 0.491 e. The van der Waals surface area contributed by atoms with Gasteiger partial charge in [0.1, 0.15) is 18.0 Å². The lowest BCUT2D eigenvalue weighted by atomic mass is 9.78. The summed E-state index contributed by atoms with van der Waals surface area (Å²) in [5.41, 5.74) is 0.0724. The number of ether oxygens (including phenoxy) is 3. The Morgan fingerprint density at radius 2 is 2.00 bits per heavy atom. The van der Waals surface area contributed by atoms with Gasteiger partial charge < -0.3 is 19.5 Å². The minimum absolute atomic E-state index is 0.0273. The molecule has 0 spiro atoms. The number of rotatable bonds is 9. The Balaban J connectivity index is 1.99. The van der Waals surface area contributed by atoms with Gasteiger partial charge in [-0.15, -0.1) is 0 Å². The molecule has 0 saturated heterocycles. The highest BCUT2D eigenvalue weighted by Gasteiger charge is 2.42. The number of benzene rings is 1. The second-order valence-electron chi connectivity index (χ2n) is 6.86. The van der Waals surface area contributed by atoms with Crippen LogP contribution in [-0.2, 0) is 14.3 Å². The summed E-state index contributed by atoms with van der Waals surface area (Å²) in [6.07, 6.45) is 4.69. The van der Waals surface area contributed by atoms with E-state index >= 15 is 0 Å². The zero-order valence-corrected chi connectivity index (χ0v) is 15.7. The minimum Gasteiger partial charge on any atom is -0.491 e. The lowest BCUT2D eigenvalue weighted by Gasteiger charge is -2.38. The van der Waals surface area contributed by atoms with E-state index in [-0.39, 0.29) is 5.91 Å². The fourth-order valence-corrected chi connectivity index (χ4v) is 3.33. The summed E-state index contributed by atoms with van der Waals surface area (Å²) >= 11 is 0. The van der Waals surface area contributed by atoms with Gasteiger partial charge >= 0.3 is 0 Å². The van der Waals surface area contributed by atoms with E-state index in [0.717, 1.165) is 43.5 Å². The van der Waals surface area contributed by atoms with E-state index in [1.807, 2.05) is 24.3 Å². The molecule has 1 amide bonds. The summed E-state index contributed by atoms with van der Waals surface area (Å²) in [6, 6.07) is 7.43. The summed E-state index contributed by atoms with van der Waals surface area (Å²) in [6.45, 7) is 5.94. The topological polar surface area (TPSA) is 56.8 Å². The molecule has 1 N–H and O–H groups in total. The molecule has 0 unspecified atom stereocenters. The van der Waals surface area contributed by atoms with Gasteiger partial charge in [0.05, 0.1) is 6.61 Å². The molecule has 5 nitrogen and oxygen atoms in total. The van der Waals surface area contributed by atoms with Crippen LogP contribution in [0.2, 0.25) is 0 Å². The highest BCUT2D eigenvalue weighted by Crippen LogP contribution is 2.36. The van der Waals surface area contributed by atoms with Gasteiger partial charge in [-0.05, 0) is 55.9 Å². The Kier molecular flexibility index (Phi) is 7.72. The normalized spacial score (nSPS) is 23.2. The molecule has 1 aliphatic rings. The van der Waals surface area contributed by atoms with E-state index < -0.39 is 5.60 Å². The van der Waals surface area contributed by atoms with Crippen molar-refractivity contribution < 1.29 is 19.0 Å². The molecule has 2 rings (SSSR count). The monoisotopic (exact) mass is 349 g/mol. The molecule has 140 valence electrons. The third kappa shape index (κ3) is 5.72. The molecule has 1 fully saturated rings. The Morgan fingerprint density at radius 3 is 2.64 bits per heavy atom. The molecule has 1 aromatic carbocycles. The van der Waals surface area contributed by atoms with Crippen molar-refractivity contribution >= 4 is 11.6 Å². The van der Waals surface area contributed by atoms with Gasteiger partial charge in [0.15, 0.2) is 0 Å². The molecule has 0 bridgehead atoms. The molecule has 1 saturated carbocycles. The minimum atomic E-state index is -0.693. The Bertz CT molecular complexity index is 531. The molecule has 0 aliphatic heterocycles. The zero-order chi connectivity index (χ0) is 18.1. The van der Waals surface area contributed by atoms with Crippen LogP contribution in [0.15, 0.2) is 24.3 Å². The molecular formula is C20H31NO4. The number of hydrogen-bond acceptors (Lipinski definition) is 4. The van der Waals surface area contributed by atoms with Crippen LogP contribution in [0, 0.1) is 5.92 Å². The smallest absolute Gasteiger partial charge is 0.256 e. The van der Waals surface area contributed by atoms with Crippen LogP contribution in [0.4, 0.5) is 5.69 Å². The van der Waals surface area contributed by atoms with Gasteiger partial charge in [-0.1, -0.05) is 20.3 Å². The molecule has 0 radical (unpaired) electrons. The highest BCUT2D eigenvalue weighted by atomic mass is 16.5. The summed E-state index contributed by atoms with van der Waals surface area (Å²) in [5, 5.41) is 3.03. The molecule has 25 heavy (non-hydrogen) atoms. The van der Waals surface area contributed by atoms with Crippen LogP contribution in [0.1, 0.15) is 46.0 Å². The first-order chi connectivity index (χ1) is 12.1. The first-order valence-corrected chi connectivity index (χ1v) is 9.27. The summed E-state index contributed by atoms with van der Waals surface area (Å²) in [5.74, 6) is 1.24. The molecule has 0 aromatic heterocycles. The van der Waals surface area contributed by atoms with Gasteiger partial charge in [-0.3, -0.25) is 4.79 Å². The average Bonchev–Trinajstić information content (AvgIpc) is 2.61. The van der Waals surface area contributed by atoms with Crippen LogP contribution < -0.4 is 10.1 Å². The first-order valence-electron chi connectivity index (χ1n) is 9.27. The summed E-state index contributed by atoms with van der Waals surface area (Å²) in [7, 11) is 1.64. The van der Waals surface area contributed by atoms with E-state index in [4.69, 9.17) is 14.2 Å². The van der Waals surface area contributed by atoms with Crippen molar-refractivity contribution in [1.29, 1.82) is 0 Å². The summed E-state index contributed by atoms with van der Waals surface area (Å²) in [4.78, 5) is 13.0. The number of methoxy groups -OCH3 is 1. The third-order valence-corrected chi connectivity index (χ3v) is 4.62. The van der Waals surface area contributed by atoms with E-state index in [2.05, 4.69) is 19.2 Å². The fraction of sp³-hybridized carbons (Fsp3) is 0.650. The van der Waals surface area contributed by atoms with Gasteiger partial charge in [-0.2, -0.15) is 0 Å². The quantitative estimate of drug-likeness (QED) is 0.684. The molecule has 2 atom stereocenters. The van der Waals surface area contributed by atoms with Crippen molar-refractivity contribution in [3.8, 4) is 5.75 Å². The van der Waals surface area contributed by atoms with Crippen molar-refractivity contribution in [1.82, 2.24) is 0 Å². The van der Waals surface area contributed by atoms with E-state index in [1.54, 1.807) is 7.11 Å². The fourth-order valence-electron chi connectivity index (χ4n) is 3.33. The van der Waals surface area contributed by atoms with Crippen LogP contribution in [0.25, 0.3) is 0 Å². The third-order valence-electron chi connectivity index (χ3n) is 4.62. The standard InChI is InChI=1S/C20H31NO4/c1-4-12-25-20(11-5-6-16(2)15-20)19(22)21-17-7-9-18(10-8-17)24-14-13-23-3/h7-10,16H,4-6,11-15H2,1-3H3,(H,21,22)/t16-,20-/m1/s1. The predicted octanol–water partition coefficient (Wildman–Crippen LogP) is 4.03. The van der Waals surface area contributed by atoms with Crippen molar-refractivity contribution in [2.24, 2.45) is 5.92 Å². The van der Waals surface area contributed by atoms with Gasteiger partial charge in [0.2, 0.25) is 0 Å². The Morgan fingerprint density at radius 1 is 1.24 bits per heavy atom. The molecule has 1 aromatic rings. The van der Waals surface area contributed by atoms with Crippen molar-refractivity contribution in [3.05, 3.63) is 24.3 Å². The SMILES string of the molecule is CCCO[C@]1(C(=O)Nc2ccc(OCCOC)cc2)CCC[C@@H](C)C1. The predicted molar refractivity (Wildman–Crippen MR) is 99.0 cm³/mol. The number of nitrogens with one attached hydrogen (secondary N) is 1. The van der Waals surface area contributed by atoms with Crippen molar-refractivity contribution in [3.63, 3.8) is 0 Å². The van der Waals surface area contributed by atoms with Crippen LogP contribution >= 0.6 is 0 Å². The number of carbonyl (C=O) groups is 1. The average molecular weight is 349 g/mol. The Labute approximate surface area is 151 Å². The molecule has 5 heteroatoms. The lowest BCUT2D eigenvalue weighted by molar-refractivity contribution is -0.148. The van der Waals surface area contributed by atoms with Gasteiger partial charge in [-0.25, -0.2) is 0 Å². The first kappa shape index (κ1) is 19.7. The van der Waals surface area contributed by atoms with E-state index in [1.165, 1.54) is 0 Å². The molecular weight excluding hydrogens is 318 g/mol. The number of hydrogen-bond donors (Lipinski definition) is 1. The van der Waals surface area contributed by atoms with Crippen LogP contribution in [0.3, 0.4) is 0 Å². The number of amides is 1. The van der Waals surface area contributed by atoms with Crippen LogP contribution in [0.5, 0.6) is 5.75 Å². The summed E-state index contributed by atoms with van der Waals surface area (Å²) < 4.78 is 16.6. The Hall–Kier alpha value is -1.59. The number of carbonyl (C=O) groups excluding carboxylic acids is 1. The van der Waals surface area contributed by atoms with Crippen molar-refractivity contribution in [2.75, 3.05) is 32.2 Å². The highest BCUT2D eigenvalue weighted by molar-refractivity contribution is 5.97. The lowest BCUT2D eigenvalue weighted by Crippen LogP contribution is -2.48. The second kappa shape index (κ2) is 9.78. The van der Waals surface area contributed by atoms with Gasteiger partial charge in [0.25, 0.3) is 5.91 Å². The molecule has 1 aliphatic carbocycles. The maximum atomic E-state index is 13.0. The maximum absolute atomic E-state index is 13.0. The van der Waals surface area contributed by atoms with Crippen LogP contribution in [-0.4, -0.2) is 38.4 Å².